The van der Waals surface area contributed by atoms with Gasteiger partial charge in [-0.3, -0.25) is 0 Å². The molecule has 1 aromatic carbocycles. The van der Waals surface area contributed by atoms with Gasteiger partial charge in [0.05, 0.1) is 24.6 Å². The smallest absolute Gasteiger partial charge is 0.168 e. The molecule has 2 aromatic rings. The number of hydrogen-bond donors (Lipinski definition) is 0. The molecular formula is C13H11N3O. The maximum absolute atomic E-state index is 9.07. The summed E-state index contributed by atoms with van der Waals surface area (Å²) in [5.41, 5.74) is 3.50. The van der Waals surface area contributed by atoms with Crippen molar-refractivity contribution >= 4 is 0 Å². The fourth-order valence-electron chi connectivity index (χ4n) is 2.11. The van der Waals surface area contributed by atoms with Crippen LogP contribution in [0.5, 0.6) is 0 Å². The van der Waals surface area contributed by atoms with Crippen LogP contribution in [0.1, 0.15) is 17.0 Å². The molecule has 0 unspecified atom stereocenters. The van der Waals surface area contributed by atoms with Crippen LogP contribution in [0.3, 0.4) is 0 Å². The number of fused-ring (bicyclic) bond motifs is 1. The normalized spacial score (nSPS) is 14.1. The largest absolute Gasteiger partial charge is 0.376 e. The van der Waals surface area contributed by atoms with Crippen molar-refractivity contribution in [3.8, 4) is 11.8 Å². The van der Waals surface area contributed by atoms with Gasteiger partial charge in [-0.25, -0.2) is 4.68 Å². The van der Waals surface area contributed by atoms with Crippen molar-refractivity contribution in [2.75, 3.05) is 6.61 Å². The van der Waals surface area contributed by atoms with Crippen LogP contribution in [-0.4, -0.2) is 16.4 Å². The number of rotatable bonds is 1. The number of hydrogen-bond acceptors (Lipinski definition) is 3. The molecule has 4 nitrogen and oxygen atoms in total. The van der Waals surface area contributed by atoms with Gasteiger partial charge in [0, 0.05) is 12.0 Å². The average Bonchev–Trinajstić information content (AvgIpc) is 2.78. The SMILES string of the molecule is N#Cc1nn(-c2ccccc2)c2c1COCC2. The Morgan fingerprint density at radius 1 is 1.29 bits per heavy atom. The second-order valence-corrected chi connectivity index (χ2v) is 3.94. The Bertz CT molecular complexity index is 581. The van der Waals surface area contributed by atoms with Crippen LogP contribution in [0.2, 0.25) is 0 Å². The molecule has 1 aliphatic heterocycles. The van der Waals surface area contributed by atoms with Gasteiger partial charge in [0.15, 0.2) is 5.69 Å². The molecule has 0 amide bonds. The highest BCUT2D eigenvalue weighted by Crippen LogP contribution is 2.23. The lowest BCUT2D eigenvalue weighted by Crippen LogP contribution is -2.12. The minimum absolute atomic E-state index is 0.476. The van der Waals surface area contributed by atoms with Crippen LogP contribution < -0.4 is 0 Å². The molecule has 0 fully saturated rings. The maximum Gasteiger partial charge on any atom is 0.168 e. The highest BCUT2D eigenvalue weighted by atomic mass is 16.5. The molecule has 4 heteroatoms. The summed E-state index contributed by atoms with van der Waals surface area (Å²) in [6.45, 7) is 1.18. The van der Waals surface area contributed by atoms with E-state index in [4.69, 9.17) is 10.00 Å². The van der Waals surface area contributed by atoms with E-state index in [1.807, 2.05) is 35.0 Å². The number of nitriles is 1. The molecule has 0 saturated carbocycles. The molecule has 0 aliphatic carbocycles. The fraction of sp³-hybridized carbons (Fsp3) is 0.231. The summed E-state index contributed by atoms with van der Waals surface area (Å²) in [5.74, 6) is 0. The summed E-state index contributed by atoms with van der Waals surface area (Å²) in [7, 11) is 0. The molecular weight excluding hydrogens is 214 g/mol. The third kappa shape index (κ3) is 1.61. The lowest BCUT2D eigenvalue weighted by molar-refractivity contribution is 0.109. The lowest BCUT2D eigenvalue weighted by Gasteiger charge is -2.14. The second kappa shape index (κ2) is 4.04. The van der Waals surface area contributed by atoms with Crippen LogP contribution in [0.4, 0.5) is 0 Å². The number of ether oxygens (including phenoxy) is 1. The zero-order chi connectivity index (χ0) is 11.7. The van der Waals surface area contributed by atoms with Crippen LogP contribution in [-0.2, 0) is 17.8 Å². The van der Waals surface area contributed by atoms with Gasteiger partial charge in [-0.05, 0) is 12.1 Å². The van der Waals surface area contributed by atoms with Crippen LogP contribution in [0, 0.1) is 11.3 Å². The molecule has 3 rings (SSSR count). The standard InChI is InChI=1S/C13H11N3O/c14-8-12-11-9-17-7-6-13(11)16(15-12)10-4-2-1-3-5-10/h1-5H,6-7,9H2. The third-order valence-corrected chi connectivity index (χ3v) is 2.93. The molecule has 0 bridgehead atoms. The van der Waals surface area contributed by atoms with Crippen molar-refractivity contribution in [1.29, 1.82) is 5.26 Å². The number of para-hydroxylation sites is 1. The summed E-state index contributed by atoms with van der Waals surface area (Å²) in [4.78, 5) is 0. The summed E-state index contributed by atoms with van der Waals surface area (Å²) in [6.07, 6.45) is 0.804. The first-order valence-corrected chi connectivity index (χ1v) is 5.54. The second-order valence-electron chi connectivity index (χ2n) is 3.94. The van der Waals surface area contributed by atoms with E-state index < -0.39 is 0 Å². The summed E-state index contributed by atoms with van der Waals surface area (Å²) < 4.78 is 7.24. The molecule has 0 radical (unpaired) electrons. The minimum Gasteiger partial charge on any atom is -0.376 e. The van der Waals surface area contributed by atoms with E-state index in [0.717, 1.165) is 23.4 Å². The molecule has 84 valence electrons. The van der Waals surface area contributed by atoms with Gasteiger partial charge in [0.2, 0.25) is 0 Å². The van der Waals surface area contributed by atoms with E-state index in [0.29, 0.717) is 18.9 Å². The first-order chi connectivity index (χ1) is 8.40. The Balaban J connectivity index is 2.18. The molecule has 0 saturated heterocycles. The van der Waals surface area contributed by atoms with Crippen molar-refractivity contribution in [1.82, 2.24) is 9.78 Å². The van der Waals surface area contributed by atoms with Crippen molar-refractivity contribution in [2.24, 2.45) is 0 Å². The van der Waals surface area contributed by atoms with Crippen molar-refractivity contribution < 1.29 is 4.74 Å². The third-order valence-electron chi connectivity index (χ3n) is 2.93. The van der Waals surface area contributed by atoms with Gasteiger partial charge in [-0.15, -0.1) is 0 Å². The van der Waals surface area contributed by atoms with Crippen LogP contribution >= 0.6 is 0 Å². The molecule has 0 atom stereocenters. The van der Waals surface area contributed by atoms with Gasteiger partial charge in [0.1, 0.15) is 6.07 Å². The van der Waals surface area contributed by atoms with E-state index in [1.54, 1.807) is 0 Å². The lowest BCUT2D eigenvalue weighted by atomic mass is 10.1. The predicted octanol–water partition coefficient (Wildman–Crippen LogP) is 1.82. The zero-order valence-corrected chi connectivity index (χ0v) is 9.26. The minimum atomic E-state index is 0.476. The quantitative estimate of drug-likeness (QED) is 0.743. The van der Waals surface area contributed by atoms with Crippen molar-refractivity contribution in [2.45, 2.75) is 13.0 Å². The van der Waals surface area contributed by atoms with Gasteiger partial charge in [0.25, 0.3) is 0 Å². The molecule has 1 aliphatic rings. The van der Waals surface area contributed by atoms with E-state index in [2.05, 4.69) is 11.2 Å². The van der Waals surface area contributed by atoms with E-state index in [-0.39, 0.29) is 0 Å². The Labute approximate surface area is 99.1 Å². The monoisotopic (exact) mass is 225 g/mol. The molecule has 2 heterocycles. The number of benzene rings is 1. The Morgan fingerprint density at radius 3 is 2.88 bits per heavy atom. The van der Waals surface area contributed by atoms with Gasteiger partial charge >= 0.3 is 0 Å². The number of aromatic nitrogens is 2. The van der Waals surface area contributed by atoms with E-state index in [1.165, 1.54) is 0 Å². The maximum atomic E-state index is 9.07. The van der Waals surface area contributed by atoms with E-state index in [9.17, 15) is 0 Å². The van der Waals surface area contributed by atoms with Gasteiger partial charge < -0.3 is 4.74 Å². The molecule has 1 aromatic heterocycles. The highest BCUT2D eigenvalue weighted by molar-refractivity contribution is 5.42. The number of nitrogens with zero attached hydrogens (tertiary/aromatic N) is 3. The molecule has 0 spiro atoms. The van der Waals surface area contributed by atoms with E-state index >= 15 is 0 Å². The van der Waals surface area contributed by atoms with Crippen molar-refractivity contribution in [3.63, 3.8) is 0 Å². The zero-order valence-electron chi connectivity index (χ0n) is 9.26. The molecule has 17 heavy (non-hydrogen) atoms. The Kier molecular flexibility index (Phi) is 2.39. The fourth-order valence-corrected chi connectivity index (χ4v) is 2.11. The Hall–Kier alpha value is -2.12. The predicted molar refractivity (Wildman–Crippen MR) is 61.6 cm³/mol. The van der Waals surface area contributed by atoms with Crippen LogP contribution in [0.25, 0.3) is 5.69 Å². The first-order valence-electron chi connectivity index (χ1n) is 5.54. The first kappa shape index (κ1) is 10.1. The van der Waals surface area contributed by atoms with Gasteiger partial charge in [-0.1, -0.05) is 18.2 Å². The summed E-state index contributed by atoms with van der Waals surface area (Å²) in [6, 6.07) is 12.0. The molecule has 0 N–H and O–H groups in total. The topological polar surface area (TPSA) is 50.8 Å². The Morgan fingerprint density at radius 2 is 2.12 bits per heavy atom. The van der Waals surface area contributed by atoms with Crippen molar-refractivity contribution in [3.05, 3.63) is 47.3 Å². The summed E-state index contributed by atoms with van der Waals surface area (Å²) in [5, 5.41) is 13.4. The highest BCUT2D eigenvalue weighted by Gasteiger charge is 2.21. The van der Waals surface area contributed by atoms with Crippen LogP contribution in [0.15, 0.2) is 30.3 Å². The van der Waals surface area contributed by atoms with Gasteiger partial charge in [-0.2, -0.15) is 10.4 Å². The summed E-state index contributed by atoms with van der Waals surface area (Å²) >= 11 is 0. The average molecular weight is 225 g/mol.